The molecule has 25 heavy (non-hydrogen) atoms. The Morgan fingerprint density at radius 1 is 1.16 bits per heavy atom. The summed E-state index contributed by atoms with van der Waals surface area (Å²) in [6, 6.07) is 15.1. The van der Waals surface area contributed by atoms with Gasteiger partial charge >= 0.3 is 0 Å². The molecule has 128 valence electrons. The van der Waals surface area contributed by atoms with Crippen LogP contribution in [0, 0.1) is 0 Å². The maximum absolute atomic E-state index is 12.4. The van der Waals surface area contributed by atoms with Gasteiger partial charge in [-0.2, -0.15) is 0 Å². The molecule has 0 radical (unpaired) electrons. The molecule has 1 N–H and O–H groups in total. The minimum atomic E-state index is -0.231. The Kier molecular flexibility index (Phi) is 5.23. The topological polar surface area (TPSA) is 64.1 Å². The monoisotopic (exact) mass is 335 g/mol. The summed E-state index contributed by atoms with van der Waals surface area (Å²) in [5, 5.41) is 3.81. The van der Waals surface area contributed by atoms with Crippen molar-refractivity contribution >= 4 is 16.9 Å². The molecule has 0 aliphatic heterocycles. The fraction of sp³-hybridized carbons (Fsp3) is 0.250. The molecule has 1 atom stereocenters. The quantitative estimate of drug-likeness (QED) is 0.745. The molecule has 2 heterocycles. The van der Waals surface area contributed by atoms with E-state index in [2.05, 4.69) is 22.2 Å². The van der Waals surface area contributed by atoms with E-state index in [9.17, 15) is 4.79 Å². The molecule has 0 fully saturated rings. The summed E-state index contributed by atoms with van der Waals surface area (Å²) in [6.45, 7) is 4.49. The number of hydrogen-bond acceptors (Lipinski definition) is 4. The summed E-state index contributed by atoms with van der Waals surface area (Å²) >= 11 is 0. The first-order valence-corrected chi connectivity index (χ1v) is 8.42. The van der Waals surface area contributed by atoms with E-state index in [1.54, 1.807) is 12.3 Å². The fourth-order valence-corrected chi connectivity index (χ4v) is 2.41. The van der Waals surface area contributed by atoms with Crippen molar-refractivity contribution in [2.45, 2.75) is 32.9 Å². The molecule has 0 aliphatic carbocycles. The Labute approximate surface area is 147 Å². The molecule has 0 saturated carbocycles. The van der Waals surface area contributed by atoms with Gasteiger partial charge in [0, 0.05) is 23.7 Å². The summed E-state index contributed by atoms with van der Waals surface area (Å²) in [4.78, 5) is 20.9. The largest absolute Gasteiger partial charge is 0.490 e. The molecular weight excluding hydrogens is 314 g/mol. The Morgan fingerprint density at radius 3 is 2.84 bits per heavy atom. The minimum absolute atomic E-state index is 0.130. The Bertz CT molecular complexity index is 879. The summed E-state index contributed by atoms with van der Waals surface area (Å²) in [6.07, 6.45) is 2.72. The van der Waals surface area contributed by atoms with Crippen LogP contribution in [0.15, 0.2) is 54.7 Å². The van der Waals surface area contributed by atoms with Crippen LogP contribution in [-0.4, -0.2) is 22.0 Å². The zero-order chi connectivity index (χ0) is 17.6. The predicted octanol–water partition coefficient (Wildman–Crippen LogP) is 3.74. The molecule has 0 saturated heterocycles. The Hall–Kier alpha value is -2.95. The van der Waals surface area contributed by atoms with Crippen LogP contribution in [0.25, 0.3) is 11.0 Å². The highest BCUT2D eigenvalue weighted by Crippen LogP contribution is 2.20. The molecule has 0 bridgehead atoms. The van der Waals surface area contributed by atoms with E-state index in [-0.39, 0.29) is 12.0 Å². The summed E-state index contributed by atoms with van der Waals surface area (Å²) in [7, 11) is 0. The average Bonchev–Trinajstić information content (AvgIpc) is 2.66. The van der Waals surface area contributed by atoms with Gasteiger partial charge in [-0.25, -0.2) is 9.97 Å². The first-order chi connectivity index (χ1) is 12.2. The number of ether oxygens (including phenoxy) is 1. The first kappa shape index (κ1) is 16.9. The number of carbonyl (C=O) groups excluding carboxylic acids is 1. The summed E-state index contributed by atoms with van der Waals surface area (Å²) < 4.78 is 5.91. The maximum Gasteiger partial charge on any atom is 0.270 e. The molecule has 0 unspecified atom stereocenters. The van der Waals surface area contributed by atoms with Gasteiger partial charge in [0.05, 0.1) is 6.10 Å². The van der Waals surface area contributed by atoms with Gasteiger partial charge in [0.1, 0.15) is 11.4 Å². The molecule has 0 spiro atoms. The number of pyridine rings is 2. The highest BCUT2D eigenvalue weighted by atomic mass is 16.5. The molecule has 5 heteroatoms. The second-order valence-corrected chi connectivity index (χ2v) is 5.87. The van der Waals surface area contributed by atoms with Crippen molar-refractivity contribution in [1.29, 1.82) is 0 Å². The number of para-hydroxylation sites is 1. The average molecular weight is 335 g/mol. The number of nitrogens with one attached hydrogen (secondary N) is 1. The van der Waals surface area contributed by atoms with Gasteiger partial charge in [0.25, 0.3) is 5.91 Å². The third-order valence-corrected chi connectivity index (χ3v) is 4.01. The molecule has 0 aliphatic rings. The summed E-state index contributed by atoms with van der Waals surface area (Å²) in [5.74, 6) is 0.566. The van der Waals surface area contributed by atoms with Crippen LogP contribution < -0.4 is 10.1 Å². The van der Waals surface area contributed by atoms with E-state index in [1.165, 1.54) is 0 Å². The van der Waals surface area contributed by atoms with Gasteiger partial charge in [-0.05, 0) is 43.7 Å². The van der Waals surface area contributed by atoms with Crippen molar-refractivity contribution in [2.75, 3.05) is 0 Å². The first-order valence-electron chi connectivity index (χ1n) is 8.42. The molecule has 3 rings (SSSR count). The number of amides is 1. The number of benzene rings is 1. The van der Waals surface area contributed by atoms with E-state index in [0.29, 0.717) is 17.9 Å². The highest BCUT2D eigenvalue weighted by molar-refractivity contribution is 5.94. The number of hydrogen-bond donors (Lipinski definition) is 1. The van der Waals surface area contributed by atoms with Crippen LogP contribution in [0.3, 0.4) is 0 Å². The normalized spacial score (nSPS) is 11.9. The zero-order valence-electron chi connectivity index (χ0n) is 14.4. The van der Waals surface area contributed by atoms with E-state index < -0.39 is 0 Å². The van der Waals surface area contributed by atoms with E-state index >= 15 is 0 Å². The number of rotatable bonds is 6. The van der Waals surface area contributed by atoms with Crippen LogP contribution in [0.4, 0.5) is 0 Å². The van der Waals surface area contributed by atoms with Gasteiger partial charge in [-0.1, -0.05) is 25.1 Å². The summed E-state index contributed by atoms with van der Waals surface area (Å²) in [5.41, 5.74) is 1.86. The predicted molar refractivity (Wildman–Crippen MR) is 97.5 cm³/mol. The third kappa shape index (κ3) is 4.12. The lowest BCUT2D eigenvalue weighted by molar-refractivity contribution is 0.0945. The second kappa shape index (κ2) is 7.75. The van der Waals surface area contributed by atoms with Gasteiger partial charge in [-0.15, -0.1) is 0 Å². The zero-order valence-corrected chi connectivity index (χ0v) is 14.4. The fourth-order valence-electron chi connectivity index (χ4n) is 2.41. The van der Waals surface area contributed by atoms with Crippen LogP contribution >= 0.6 is 0 Å². The van der Waals surface area contributed by atoms with Crippen molar-refractivity contribution < 1.29 is 9.53 Å². The van der Waals surface area contributed by atoms with E-state index in [1.807, 2.05) is 49.4 Å². The number of carbonyl (C=O) groups is 1. The van der Waals surface area contributed by atoms with E-state index in [0.717, 1.165) is 23.1 Å². The minimum Gasteiger partial charge on any atom is -0.490 e. The highest BCUT2D eigenvalue weighted by Gasteiger charge is 2.11. The van der Waals surface area contributed by atoms with Crippen molar-refractivity contribution in [1.82, 2.24) is 15.3 Å². The SMILES string of the molecule is CC[C@H](C)Oc1ccccc1CNC(=O)c1ccc2cccnc2n1. The van der Waals surface area contributed by atoms with Crippen molar-refractivity contribution in [2.24, 2.45) is 0 Å². The van der Waals surface area contributed by atoms with Gasteiger partial charge in [0.15, 0.2) is 5.65 Å². The van der Waals surface area contributed by atoms with Crippen molar-refractivity contribution in [3.8, 4) is 5.75 Å². The molecule has 1 aromatic carbocycles. The lowest BCUT2D eigenvalue weighted by Crippen LogP contribution is -2.24. The van der Waals surface area contributed by atoms with Crippen LogP contribution in [0.2, 0.25) is 0 Å². The van der Waals surface area contributed by atoms with E-state index in [4.69, 9.17) is 4.74 Å². The lowest BCUT2D eigenvalue weighted by atomic mass is 10.2. The Balaban J connectivity index is 1.71. The van der Waals surface area contributed by atoms with Crippen LogP contribution in [0.1, 0.15) is 36.3 Å². The van der Waals surface area contributed by atoms with Crippen LogP contribution in [-0.2, 0) is 6.54 Å². The number of aromatic nitrogens is 2. The van der Waals surface area contributed by atoms with Crippen LogP contribution in [0.5, 0.6) is 5.75 Å². The lowest BCUT2D eigenvalue weighted by Gasteiger charge is -2.16. The van der Waals surface area contributed by atoms with Crippen molar-refractivity contribution in [3.63, 3.8) is 0 Å². The maximum atomic E-state index is 12.4. The third-order valence-electron chi connectivity index (χ3n) is 4.01. The smallest absolute Gasteiger partial charge is 0.270 e. The van der Waals surface area contributed by atoms with Gasteiger partial charge in [-0.3, -0.25) is 4.79 Å². The van der Waals surface area contributed by atoms with Crippen molar-refractivity contribution in [3.05, 3.63) is 66.0 Å². The molecular formula is C20H21N3O2. The number of nitrogens with zero attached hydrogens (tertiary/aromatic N) is 2. The van der Waals surface area contributed by atoms with Gasteiger partial charge < -0.3 is 10.1 Å². The number of fused-ring (bicyclic) bond motifs is 1. The molecule has 2 aromatic heterocycles. The molecule has 3 aromatic rings. The molecule has 5 nitrogen and oxygen atoms in total. The molecule has 1 amide bonds. The van der Waals surface area contributed by atoms with Gasteiger partial charge in [0.2, 0.25) is 0 Å². The Morgan fingerprint density at radius 2 is 2.00 bits per heavy atom. The second-order valence-electron chi connectivity index (χ2n) is 5.87. The standard InChI is InChI=1S/C20H21N3O2/c1-3-14(2)25-18-9-5-4-7-16(18)13-22-20(24)17-11-10-15-8-6-12-21-19(15)23-17/h4-12,14H,3,13H2,1-2H3,(H,22,24)/t14-/m0/s1.